The average Bonchev–Trinajstić information content (AvgIpc) is 2.76. The van der Waals surface area contributed by atoms with E-state index in [1.165, 1.54) is 19.3 Å². The molecule has 2 heterocycles. The lowest BCUT2D eigenvalue weighted by molar-refractivity contribution is 0.152. The van der Waals surface area contributed by atoms with E-state index in [4.69, 9.17) is 4.42 Å². The van der Waals surface area contributed by atoms with Crippen molar-refractivity contribution in [1.82, 2.24) is 15.2 Å². The highest BCUT2D eigenvalue weighted by Gasteiger charge is 2.21. The van der Waals surface area contributed by atoms with E-state index in [0.29, 0.717) is 6.04 Å². The molecule has 0 amide bonds. The van der Waals surface area contributed by atoms with Crippen LogP contribution in [0.3, 0.4) is 0 Å². The van der Waals surface area contributed by atoms with Crippen molar-refractivity contribution in [3.63, 3.8) is 0 Å². The van der Waals surface area contributed by atoms with E-state index in [9.17, 15) is 0 Å². The van der Waals surface area contributed by atoms with Gasteiger partial charge in [-0.25, -0.2) is 4.98 Å². The summed E-state index contributed by atoms with van der Waals surface area (Å²) in [7, 11) is 0. The summed E-state index contributed by atoms with van der Waals surface area (Å²) in [5, 5.41) is 3.42. The molecule has 1 fully saturated rings. The van der Waals surface area contributed by atoms with E-state index >= 15 is 0 Å². The Labute approximate surface area is 103 Å². The first-order valence-electron chi connectivity index (χ1n) is 6.65. The Morgan fingerprint density at radius 1 is 1.47 bits per heavy atom. The zero-order valence-electron chi connectivity index (χ0n) is 10.9. The zero-order chi connectivity index (χ0) is 12.1. The summed E-state index contributed by atoms with van der Waals surface area (Å²) in [4.78, 5) is 6.87. The lowest BCUT2D eigenvalue weighted by Crippen LogP contribution is -2.43. The predicted octanol–water partition coefficient (Wildman–Crippen LogP) is 1.95. The molecule has 0 atom stereocenters. The van der Waals surface area contributed by atoms with Crippen molar-refractivity contribution in [3.8, 4) is 0 Å². The summed E-state index contributed by atoms with van der Waals surface area (Å²) in [5.41, 5.74) is 1.09. The van der Waals surface area contributed by atoms with Gasteiger partial charge in [-0.2, -0.15) is 0 Å². The molecule has 17 heavy (non-hydrogen) atoms. The Morgan fingerprint density at radius 3 is 2.82 bits per heavy atom. The van der Waals surface area contributed by atoms with Crippen molar-refractivity contribution in [2.24, 2.45) is 0 Å². The Hall–Kier alpha value is -0.870. The van der Waals surface area contributed by atoms with E-state index in [2.05, 4.69) is 22.1 Å². The number of aryl methyl sites for hydroxylation is 1. The highest BCUT2D eigenvalue weighted by atomic mass is 16.3. The van der Waals surface area contributed by atoms with Gasteiger partial charge in [0.2, 0.25) is 0 Å². The van der Waals surface area contributed by atoms with Crippen LogP contribution in [-0.4, -0.2) is 35.6 Å². The van der Waals surface area contributed by atoms with Crippen LogP contribution in [-0.2, 0) is 6.54 Å². The third-order valence-electron chi connectivity index (χ3n) is 3.53. The summed E-state index contributed by atoms with van der Waals surface area (Å²) in [6.07, 6.45) is 5.24. The SMILES string of the molecule is CCCN(Cc1ncoc1C)C1CCNCC1. The second-order valence-corrected chi connectivity index (χ2v) is 4.81. The lowest BCUT2D eigenvalue weighted by Gasteiger charge is -2.34. The summed E-state index contributed by atoms with van der Waals surface area (Å²) >= 11 is 0. The molecule has 0 spiro atoms. The Kier molecular flexibility index (Phi) is 4.57. The minimum Gasteiger partial charge on any atom is -0.448 e. The van der Waals surface area contributed by atoms with E-state index in [-0.39, 0.29) is 0 Å². The molecule has 0 saturated carbocycles. The van der Waals surface area contributed by atoms with Gasteiger partial charge in [-0.3, -0.25) is 4.90 Å². The highest BCUT2D eigenvalue weighted by Crippen LogP contribution is 2.17. The highest BCUT2D eigenvalue weighted by molar-refractivity contribution is 5.04. The van der Waals surface area contributed by atoms with Gasteiger partial charge in [0, 0.05) is 12.6 Å². The van der Waals surface area contributed by atoms with Crippen LogP contribution in [0, 0.1) is 6.92 Å². The molecule has 1 aliphatic heterocycles. The molecule has 96 valence electrons. The number of nitrogens with zero attached hydrogens (tertiary/aromatic N) is 2. The molecular formula is C13H23N3O. The normalized spacial score (nSPS) is 17.8. The molecule has 0 aromatic carbocycles. The summed E-state index contributed by atoms with van der Waals surface area (Å²) < 4.78 is 5.28. The molecular weight excluding hydrogens is 214 g/mol. The zero-order valence-corrected chi connectivity index (χ0v) is 10.9. The van der Waals surface area contributed by atoms with E-state index in [1.807, 2.05) is 6.92 Å². The van der Waals surface area contributed by atoms with Crippen LogP contribution in [0.2, 0.25) is 0 Å². The van der Waals surface area contributed by atoms with Crippen LogP contribution in [0.1, 0.15) is 37.6 Å². The minimum atomic E-state index is 0.701. The number of hydrogen-bond acceptors (Lipinski definition) is 4. The molecule has 2 rings (SSSR count). The maximum atomic E-state index is 5.28. The largest absolute Gasteiger partial charge is 0.448 e. The quantitative estimate of drug-likeness (QED) is 0.850. The second kappa shape index (κ2) is 6.17. The van der Waals surface area contributed by atoms with Crippen molar-refractivity contribution in [2.45, 2.75) is 45.7 Å². The van der Waals surface area contributed by atoms with Crippen molar-refractivity contribution in [1.29, 1.82) is 0 Å². The predicted molar refractivity (Wildman–Crippen MR) is 67.8 cm³/mol. The van der Waals surface area contributed by atoms with Gasteiger partial charge >= 0.3 is 0 Å². The van der Waals surface area contributed by atoms with Gasteiger partial charge < -0.3 is 9.73 Å². The van der Waals surface area contributed by atoms with Crippen LogP contribution in [0.5, 0.6) is 0 Å². The van der Waals surface area contributed by atoms with E-state index < -0.39 is 0 Å². The minimum absolute atomic E-state index is 0.701. The first kappa shape index (κ1) is 12.6. The number of aromatic nitrogens is 1. The van der Waals surface area contributed by atoms with Gasteiger partial charge in [0.25, 0.3) is 0 Å². The number of hydrogen-bond donors (Lipinski definition) is 1. The van der Waals surface area contributed by atoms with Gasteiger partial charge in [-0.05, 0) is 45.8 Å². The molecule has 4 heteroatoms. The summed E-state index contributed by atoms with van der Waals surface area (Å²) in [5.74, 6) is 0.958. The number of oxazole rings is 1. The van der Waals surface area contributed by atoms with Crippen LogP contribution in [0.15, 0.2) is 10.8 Å². The lowest BCUT2D eigenvalue weighted by atomic mass is 10.0. The van der Waals surface area contributed by atoms with Crippen LogP contribution >= 0.6 is 0 Å². The molecule has 1 aromatic heterocycles. The average molecular weight is 237 g/mol. The first-order valence-corrected chi connectivity index (χ1v) is 6.65. The van der Waals surface area contributed by atoms with Gasteiger partial charge in [0.15, 0.2) is 6.39 Å². The smallest absolute Gasteiger partial charge is 0.181 e. The van der Waals surface area contributed by atoms with Crippen LogP contribution < -0.4 is 5.32 Å². The van der Waals surface area contributed by atoms with Gasteiger partial charge in [0.05, 0.1) is 5.69 Å². The first-order chi connectivity index (χ1) is 8.31. The monoisotopic (exact) mass is 237 g/mol. The molecule has 4 nitrogen and oxygen atoms in total. The number of rotatable bonds is 5. The summed E-state index contributed by atoms with van der Waals surface area (Å²) in [6, 6.07) is 0.701. The maximum Gasteiger partial charge on any atom is 0.181 e. The third kappa shape index (κ3) is 3.30. The number of piperidine rings is 1. The molecule has 1 N–H and O–H groups in total. The third-order valence-corrected chi connectivity index (χ3v) is 3.53. The van der Waals surface area contributed by atoms with E-state index in [0.717, 1.165) is 37.6 Å². The van der Waals surface area contributed by atoms with Crippen LogP contribution in [0.4, 0.5) is 0 Å². The fourth-order valence-corrected chi connectivity index (χ4v) is 2.52. The van der Waals surface area contributed by atoms with E-state index in [1.54, 1.807) is 6.39 Å². The van der Waals surface area contributed by atoms with Gasteiger partial charge in [0.1, 0.15) is 5.76 Å². The standard InChI is InChI=1S/C13H23N3O/c1-3-8-16(12-4-6-14-7-5-12)9-13-11(2)17-10-15-13/h10,12,14H,3-9H2,1-2H3. The molecule has 0 radical (unpaired) electrons. The van der Waals surface area contributed by atoms with Crippen molar-refractivity contribution in [3.05, 3.63) is 17.8 Å². The van der Waals surface area contributed by atoms with Crippen molar-refractivity contribution >= 4 is 0 Å². The Bertz CT molecular complexity index is 331. The molecule has 0 bridgehead atoms. The van der Waals surface area contributed by atoms with Gasteiger partial charge in [-0.15, -0.1) is 0 Å². The Morgan fingerprint density at radius 2 is 2.24 bits per heavy atom. The molecule has 1 aliphatic rings. The molecule has 1 aromatic rings. The van der Waals surface area contributed by atoms with Crippen molar-refractivity contribution < 1.29 is 4.42 Å². The molecule has 0 unspecified atom stereocenters. The second-order valence-electron chi connectivity index (χ2n) is 4.81. The maximum absolute atomic E-state index is 5.28. The molecule has 0 aliphatic carbocycles. The molecule has 1 saturated heterocycles. The summed E-state index contributed by atoms with van der Waals surface area (Å²) in [6.45, 7) is 8.60. The Balaban J connectivity index is 1.98. The fraction of sp³-hybridized carbons (Fsp3) is 0.769. The van der Waals surface area contributed by atoms with Crippen LogP contribution in [0.25, 0.3) is 0 Å². The van der Waals surface area contributed by atoms with Gasteiger partial charge in [-0.1, -0.05) is 6.92 Å². The number of nitrogens with one attached hydrogen (secondary N) is 1. The van der Waals surface area contributed by atoms with Crippen molar-refractivity contribution in [2.75, 3.05) is 19.6 Å². The topological polar surface area (TPSA) is 41.3 Å². The fourth-order valence-electron chi connectivity index (χ4n) is 2.52.